The number of benzene rings is 1. The lowest BCUT2D eigenvalue weighted by atomic mass is 10.0. The van der Waals surface area contributed by atoms with Crippen molar-refractivity contribution < 1.29 is 16.8 Å². The van der Waals surface area contributed by atoms with Crippen LogP contribution in [0.1, 0.15) is 13.3 Å². The molecule has 20 heavy (non-hydrogen) atoms. The summed E-state index contributed by atoms with van der Waals surface area (Å²) < 4.78 is 50.1. The molecule has 9 heteroatoms. The fourth-order valence-corrected chi connectivity index (χ4v) is 6.54. The van der Waals surface area contributed by atoms with Gasteiger partial charge in [0.1, 0.15) is 4.90 Å². The van der Waals surface area contributed by atoms with Crippen molar-refractivity contribution >= 4 is 43.1 Å². The average Bonchev–Trinajstić information content (AvgIpc) is 2.55. The molecule has 0 saturated carbocycles. The number of hydrogen-bond donors (Lipinski definition) is 1. The summed E-state index contributed by atoms with van der Waals surface area (Å²) in [4.78, 5) is -0.155. The van der Waals surface area contributed by atoms with Crippen LogP contribution >= 0.6 is 23.2 Å². The summed E-state index contributed by atoms with van der Waals surface area (Å²) in [5, 5.41) is 0.0462. The SMILES string of the molecule is C[C@]1(NS(=O)(=O)c2cccc(Cl)c2Cl)CCS(=O)(=O)C1. The molecule has 0 aliphatic carbocycles. The summed E-state index contributed by atoms with van der Waals surface area (Å²) in [5.74, 6) is -0.257. The van der Waals surface area contributed by atoms with Gasteiger partial charge in [-0.3, -0.25) is 0 Å². The van der Waals surface area contributed by atoms with Crippen molar-refractivity contribution in [1.82, 2.24) is 4.72 Å². The highest BCUT2D eigenvalue weighted by Gasteiger charge is 2.41. The molecule has 0 spiro atoms. The van der Waals surface area contributed by atoms with Crippen molar-refractivity contribution in [3.05, 3.63) is 28.2 Å². The lowest BCUT2D eigenvalue weighted by Gasteiger charge is -2.23. The zero-order valence-electron chi connectivity index (χ0n) is 10.6. The molecular weight excluding hydrogens is 345 g/mol. The standard InChI is InChI=1S/C11H13Cl2NO4S2/c1-11(5-6-19(15,16)7-11)14-20(17,18)9-4-2-3-8(12)10(9)13/h2-4,14H,5-7H2,1H3/t11-/m0/s1. The van der Waals surface area contributed by atoms with Crippen LogP contribution in [0, 0.1) is 0 Å². The molecular formula is C11H13Cl2NO4S2. The number of halogens is 2. The average molecular weight is 358 g/mol. The molecule has 1 heterocycles. The first-order valence-electron chi connectivity index (χ1n) is 5.73. The van der Waals surface area contributed by atoms with E-state index in [1.54, 1.807) is 6.92 Å². The Morgan fingerprint density at radius 3 is 2.50 bits per heavy atom. The molecule has 1 aliphatic heterocycles. The van der Waals surface area contributed by atoms with E-state index >= 15 is 0 Å². The van der Waals surface area contributed by atoms with E-state index in [1.165, 1.54) is 18.2 Å². The van der Waals surface area contributed by atoms with Gasteiger partial charge in [-0.25, -0.2) is 21.6 Å². The molecule has 0 aromatic heterocycles. The summed E-state index contributed by atoms with van der Waals surface area (Å²) in [5.41, 5.74) is -1.02. The molecule has 112 valence electrons. The fraction of sp³-hybridized carbons (Fsp3) is 0.455. The Bertz CT molecular complexity index is 746. The molecule has 5 nitrogen and oxygen atoms in total. The fourth-order valence-electron chi connectivity index (χ4n) is 2.16. The quantitative estimate of drug-likeness (QED) is 0.894. The Hall–Kier alpha value is -0.340. The first-order valence-corrected chi connectivity index (χ1v) is 9.79. The van der Waals surface area contributed by atoms with Crippen LogP contribution < -0.4 is 4.72 Å². The van der Waals surface area contributed by atoms with Gasteiger partial charge in [-0.15, -0.1) is 0 Å². The third-order valence-corrected chi connectivity index (χ3v) is 7.60. The largest absolute Gasteiger partial charge is 0.242 e. The number of nitrogens with one attached hydrogen (secondary N) is 1. The Balaban J connectivity index is 2.36. The Kier molecular flexibility index (Phi) is 4.12. The summed E-state index contributed by atoms with van der Waals surface area (Å²) >= 11 is 11.7. The van der Waals surface area contributed by atoms with Crippen LogP contribution in [0.5, 0.6) is 0 Å². The van der Waals surface area contributed by atoms with Crippen LogP contribution in [-0.2, 0) is 19.9 Å². The molecule has 0 bridgehead atoms. The van der Waals surface area contributed by atoms with Crippen molar-refractivity contribution in [3.63, 3.8) is 0 Å². The van der Waals surface area contributed by atoms with Crippen molar-refractivity contribution in [2.24, 2.45) is 0 Å². The van der Waals surface area contributed by atoms with Gasteiger partial charge in [0.15, 0.2) is 9.84 Å². The summed E-state index contributed by atoms with van der Waals surface area (Å²) in [7, 11) is -7.15. The minimum absolute atomic E-state index is 0.0324. The van der Waals surface area contributed by atoms with Crippen LogP contribution in [-0.4, -0.2) is 33.9 Å². The lowest BCUT2D eigenvalue weighted by Crippen LogP contribution is -2.46. The zero-order valence-corrected chi connectivity index (χ0v) is 13.7. The summed E-state index contributed by atoms with van der Waals surface area (Å²) in [6.07, 6.45) is 0.229. The predicted octanol–water partition coefficient (Wildman–Crippen LogP) is 1.85. The first kappa shape index (κ1) is 16.0. The molecule has 1 aromatic rings. The van der Waals surface area contributed by atoms with Crippen LogP contribution in [0.25, 0.3) is 0 Å². The van der Waals surface area contributed by atoms with Gasteiger partial charge in [-0.2, -0.15) is 0 Å². The Morgan fingerprint density at radius 2 is 1.95 bits per heavy atom. The van der Waals surface area contributed by atoms with Gasteiger partial charge in [0.25, 0.3) is 0 Å². The third-order valence-electron chi connectivity index (χ3n) is 3.09. The minimum Gasteiger partial charge on any atom is -0.229 e. The summed E-state index contributed by atoms with van der Waals surface area (Å²) in [6.45, 7) is 1.56. The molecule has 1 aromatic carbocycles. The molecule has 1 N–H and O–H groups in total. The third kappa shape index (κ3) is 3.28. The van der Waals surface area contributed by atoms with E-state index in [0.717, 1.165) is 0 Å². The van der Waals surface area contributed by atoms with Crippen molar-refractivity contribution in [3.8, 4) is 0 Å². The molecule has 1 fully saturated rings. The van der Waals surface area contributed by atoms with E-state index in [2.05, 4.69) is 4.72 Å². The van der Waals surface area contributed by atoms with E-state index in [9.17, 15) is 16.8 Å². The van der Waals surface area contributed by atoms with E-state index in [-0.39, 0.29) is 32.9 Å². The normalized spacial score (nSPS) is 25.8. The van der Waals surface area contributed by atoms with Crippen molar-refractivity contribution in [2.75, 3.05) is 11.5 Å². The smallest absolute Gasteiger partial charge is 0.229 e. The van der Waals surface area contributed by atoms with Crippen molar-refractivity contribution in [2.45, 2.75) is 23.8 Å². The highest BCUT2D eigenvalue weighted by molar-refractivity contribution is 7.92. The predicted molar refractivity (Wildman–Crippen MR) is 78.5 cm³/mol. The lowest BCUT2D eigenvalue weighted by molar-refractivity contribution is 0.462. The second-order valence-electron chi connectivity index (χ2n) is 5.06. The van der Waals surface area contributed by atoms with E-state index in [1.807, 2.05) is 0 Å². The minimum atomic E-state index is -3.94. The van der Waals surface area contributed by atoms with Crippen LogP contribution in [0.2, 0.25) is 10.0 Å². The Labute approximate surface area is 128 Å². The number of hydrogen-bond acceptors (Lipinski definition) is 4. The molecule has 0 amide bonds. The first-order chi connectivity index (χ1) is 9.05. The maximum Gasteiger partial charge on any atom is 0.242 e. The van der Waals surface area contributed by atoms with Gasteiger partial charge in [0.2, 0.25) is 10.0 Å². The number of sulfonamides is 1. The molecule has 0 unspecified atom stereocenters. The van der Waals surface area contributed by atoms with Gasteiger partial charge in [-0.1, -0.05) is 29.3 Å². The Morgan fingerprint density at radius 1 is 1.30 bits per heavy atom. The highest BCUT2D eigenvalue weighted by Crippen LogP contribution is 2.31. The zero-order chi connectivity index (χ0) is 15.2. The van der Waals surface area contributed by atoms with E-state index < -0.39 is 25.4 Å². The van der Waals surface area contributed by atoms with E-state index in [0.29, 0.717) is 0 Å². The second-order valence-corrected chi connectivity index (χ2v) is 9.68. The van der Waals surface area contributed by atoms with Crippen LogP contribution in [0.4, 0.5) is 0 Å². The summed E-state index contributed by atoms with van der Waals surface area (Å²) in [6, 6.07) is 4.27. The van der Waals surface area contributed by atoms with Crippen molar-refractivity contribution in [1.29, 1.82) is 0 Å². The van der Waals surface area contributed by atoms with Gasteiger partial charge in [0.05, 0.1) is 21.6 Å². The monoisotopic (exact) mass is 357 g/mol. The molecule has 1 aliphatic rings. The van der Waals surface area contributed by atoms with Gasteiger partial charge in [-0.05, 0) is 25.5 Å². The van der Waals surface area contributed by atoms with Gasteiger partial charge in [0, 0.05) is 5.54 Å². The molecule has 1 saturated heterocycles. The molecule has 1 atom stereocenters. The number of sulfone groups is 1. The second kappa shape index (κ2) is 5.14. The number of rotatable bonds is 3. The maximum atomic E-state index is 12.3. The van der Waals surface area contributed by atoms with Gasteiger partial charge < -0.3 is 0 Å². The topological polar surface area (TPSA) is 80.3 Å². The molecule has 2 rings (SSSR count). The highest BCUT2D eigenvalue weighted by atomic mass is 35.5. The van der Waals surface area contributed by atoms with Crippen LogP contribution in [0.3, 0.4) is 0 Å². The van der Waals surface area contributed by atoms with Crippen LogP contribution in [0.15, 0.2) is 23.1 Å². The maximum absolute atomic E-state index is 12.3. The molecule has 0 radical (unpaired) electrons. The van der Waals surface area contributed by atoms with Gasteiger partial charge >= 0.3 is 0 Å². The van der Waals surface area contributed by atoms with E-state index in [4.69, 9.17) is 23.2 Å².